The molecule has 0 aromatic heterocycles. The van der Waals surface area contributed by atoms with Crippen LogP contribution in [-0.4, -0.2) is 56.4 Å². The molecular formula is C12H23NO5S. The molecule has 0 radical (unpaired) electrons. The van der Waals surface area contributed by atoms with E-state index in [1.807, 2.05) is 0 Å². The smallest absolute Gasteiger partial charge is 0.310 e. The monoisotopic (exact) mass is 293 g/mol. The molecule has 0 aromatic rings. The van der Waals surface area contributed by atoms with Crippen LogP contribution in [0.25, 0.3) is 0 Å². The standard InChI is InChI=1S/C12H23NO5S/c1-3-12(11(14)15)6-4-7-13(10-12)19(16,17)9-5-8-18-2/h3-10H2,1-2H3,(H,14,15). The van der Waals surface area contributed by atoms with E-state index in [1.165, 1.54) is 11.4 Å². The first kappa shape index (κ1) is 16.4. The second-order valence-electron chi connectivity index (χ2n) is 5.04. The zero-order valence-corrected chi connectivity index (χ0v) is 12.4. The van der Waals surface area contributed by atoms with E-state index < -0.39 is 21.4 Å². The molecule has 1 N–H and O–H groups in total. The zero-order valence-electron chi connectivity index (χ0n) is 11.6. The SMILES string of the molecule is CCC1(C(=O)O)CCCN(S(=O)(=O)CCCOC)C1. The largest absolute Gasteiger partial charge is 0.481 e. The second-order valence-corrected chi connectivity index (χ2v) is 7.13. The van der Waals surface area contributed by atoms with Crippen LogP contribution in [0.3, 0.4) is 0 Å². The van der Waals surface area contributed by atoms with Crippen molar-refractivity contribution in [3.05, 3.63) is 0 Å². The van der Waals surface area contributed by atoms with Gasteiger partial charge in [-0.1, -0.05) is 6.92 Å². The van der Waals surface area contributed by atoms with Gasteiger partial charge in [0, 0.05) is 26.8 Å². The minimum atomic E-state index is -3.38. The van der Waals surface area contributed by atoms with Crippen LogP contribution in [0.5, 0.6) is 0 Å². The van der Waals surface area contributed by atoms with Crippen molar-refractivity contribution in [2.24, 2.45) is 5.41 Å². The van der Waals surface area contributed by atoms with E-state index in [4.69, 9.17) is 4.74 Å². The number of carboxylic acids is 1. The van der Waals surface area contributed by atoms with Crippen LogP contribution in [0, 0.1) is 5.41 Å². The van der Waals surface area contributed by atoms with Crippen LogP contribution in [0.4, 0.5) is 0 Å². The first-order valence-corrected chi connectivity index (χ1v) is 8.19. The second kappa shape index (κ2) is 6.67. The van der Waals surface area contributed by atoms with E-state index in [-0.39, 0.29) is 12.3 Å². The number of carbonyl (C=O) groups is 1. The Kier molecular flexibility index (Phi) is 5.76. The van der Waals surface area contributed by atoms with Gasteiger partial charge in [-0.25, -0.2) is 12.7 Å². The van der Waals surface area contributed by atoms with Crippen LogP contribution in [0.1, 0.15) is 32.6 Å². The molecule has 0 aromatic carbocycles. The lowest BCUT2D eigenvalue weighted by Gasteiger charge is -2.38. The highest BCUT2D eigenvalue weighted by atomic mass is 32.2. The predicted octanol–water partition coefficient (Wildman–Crippen LogP) is 0.929. The molecule has 0 amide bonds. The summed E-state index contributed by atoms with van der Waals surface area (Å²) in [5.41, 5.74) is -0.924. The normalized spacial score (nSPS) is 25.4. The maximum absolute atomic E-state index is 12.2. The number of sulfonamides is 1. The summed E-state index contributed by atoms with van der Waals surface area (Å²) >= 11 is 0. The molecule has 6 nitrogen and oxygen atoms in total. The molecule has 1 atom stereocenters. The van der Waals surface area contributed by atoms with Crippen molar-refractivity contribution in [2.75, 3.05) is 32.6 Å². The molecule has 1 fully saturated rings. The van der Waals surface area contributed by atoms with Gasteiger partial charge in [-0.2, -0.15) is 0 Å². The summed E-state index contributed by atoms with van der Waals surface area (Å²) in [5.74, 6) is -0.882. The molecule has 1 aliphatic heterocycles. The van der Waals surface area contributed by atoms with Crippen LogP contribution in [0.15, 0.2) is 0 Å². The van der Waals surface area contributed by atoms with Crippen molar-refractivity contribution in [3.8, 4) is 0 Å². The Morgan fingerprint density at radius 1 is 1.47 bits per heavy atom. The minimum Gasteiger partial charge on any atom is -0.481 e. The Morgan fingerprint density at radius 3 is 2.68 bits per heavy atom. The van der Waals surface area contributed by atoms with Gasteiger partial charge in [0.25, 0.3) is 0 Å². The topological polar surface area (TPSA) is 83.9 Å². The summed E-state index contributed by atoms with van der Waals surface area (Å²) in [4.78, 5) is 11.4. The number of piperidine rings is 1. The highest BCUT2D eigenvalue weighted by Crippen LogP contribution is 2.34. The molecule has 0 bridgehead atoms. The molecule has 1 rings (SSSR count). The van der Waals surface area contributed by atoms with Gasteiger partial charge in [0.2, 0.25) is 10.0 Å². The van der Waals surface area contributed by atoms with Gasteiger partial charge in [0.15, 0.2) is 0 Å². The van der Waals surface area contributed by atoms with Crippen LogP contribution >= 0.6 is 0 Å². The van der Waals surface area contributed by atoms with Gasteiger partial charge in [0.1, 0.15) is 0 Å². The van der Waals surface area contributed by atoms with Crippen molar-refractivity contribution < 1.29 is 23.1 Å². The zero-order chi connectivity index (χ0) is 14.5. The van der Waals surface area contributed by atoms with Gasteiger partial charge < -0.3 is 9.84 Å². The summed E-state index contributed by atoms with van der Waals surface area (Å²) in [5, 5.41) is 9.34. The van der Waals surface area contributed by atoms with Crippen molar-refractivity contribution in [1.29, 1.82) is 0 Å². The molecule has 1 saturated heterocycles. The fourth-order valence-corrected chi connectivity index (χ4v) is 4.05. The van der Waals surface area contributed by atoms with Gasteiger partial charge in [0.05, 0.1) is 11.2 Å². The Balaban J connectivity index is 2.76. The summed E-state index contributed by atoms with van der Waals surface area (Å²) < 4.78 is 30.5. The van der Waals surface area contributed by atoms with Crippen LogP contribution < -0.4 is 0 Å². The predicted molar refractivity (Wildman–Crippen MR) is 71.4 cm³/mol. The quantitative estimate of drug-likeness (QED) is 0.706. The Hall–Kier alpha value is -0.660. The molecular weight excluding hydrogens is 270 g/mol. The molecule has 1 heterocycles. The summed E-state index contributed by atoms with van der Waals surface area (Å²) in [6.45, 7) is 2.71. The number of hydrogen-bond donors (Lipinski definition) is 1. The Labute approximate surface area is 114 Å². The average Bonchev–Trinajstić information content (AvgIpc) is 2.38. The molecule has 7 heteroatoms. The number of carboxylic acid groups (broad SMARTS) is 1. The van der Waals surface area contributed by atoms with E-state index in [2.05, 4.69) is 0 Å². The highest BCUT2D eigenvalue weighted by Gasteiger charge is 2.43. The van der Waals surface area contributed by atoms with E-state index in [9.17, 15) is 18.3 Å². The average molecular weight is 293 g/mol. The van der Waals surface area contributed by atoms with E-state index in [0.717, 1.165) is 0 Å². The number of nitrogens with zero attached hydrogens (tertiary/aromatic N) is 1. The minimum absolute atomic E-state index is 0.0141. The fourth-order valence-electron chi connectivity index (χ4n) is 2.46. The Bertz CT molecular complexity index is 408. The van der Waals surface area contributed by atoms with Crippen molar-refractivity contribution in [2.45, 2.75) is 32.6 Å². The van der Waals surface area contributed by atoms with Gasteiger partial charge in [-0.05, 0) is 25.7 Å². The molecule has 0 saturated carbocycles. The number of aliphatic carboxylic acids is 1. The Morgan fingerprint density at radius 2 is 2.16 bits per heavy atom. The number of rotatable bonds is 7. The van der Waals surface area contributed by atoms with Crippen LogP contribution in [0.2, 0.25) is 0 Å². The first-order chi connectivity index (χ1) is 8.88. The third-order valence-corrected chi connectivity index (χ3v) is 5.72. The molecule has 0 aliphatic carbocycles. The number of ether oxygens (including phenoxy) is 1. The maximum Gasteiger partial charge on any atom is 0.310 e. The van der Waals surface area contributed by atoms with Crippen LogP contribution in [-0.2, 0) is 19.6 Å². The number of hydrogen-bond acceptors (Lipinski definition) is 4. The van der Waals surface area contributed by atoms with Gasteiger partial charge in [-0.3, -0.25) is 4.79 Å². The third kappa shape index (κ3) is 3.90. The van der Waals surface area contributed by atoms with E-state index in [0.29, 0.717) is 38.8 Å². The summed E-state index contributed by atoms with van der Waals surface area (Å²) in [7, 11) is -1.85. The lowest BCUT2D eigenvalue weighted by atomic mass is 9.78. The maximum atomic E-state index is 12.2. The van der Waals surface area contributed by atoms with Crippen molar-refractivity contribution in [3.63, 3.8) is 0 Å². The lowest BCUT2D eigenvalue weighted by Crippen LogP contribution is -2.50. The van der Waals surface area contributed by atoms with Crippen molar-refractivity contribution in [1.82, 2.24) is 4.31 Å². The van der Waals surface area contributed by atoms with E-state index >= 15 is 0 Å². The molecule has 0 spiro atoms. The molecule has 1 unspecified atom stereocenters. The van der Waals surface area contributed by atoms with Gasteiger partial charge in [-0.15, -0.1) is 0 Å². The van der Waals surface area contributed by atoms with E-state index in [1.54, 1.807) is 6.92 Å². The molecule has 112 valence electrons. The lowest BCUT2D eigenvalue weighted by molar-refractivity contribution is -0.151. The first-order valence-electron chi connectivity index (χ1n) is 6.58. The third-order valence-electron chi connectivity index (χ3n) is 3.82. The number of methoxy groups -OCH3 is 1. The molecule has 19 heavy (non-hydrogen) atoms. The fraction of sp³-hybridized carbons (Fsp3) is 0.917. The molecule has 1 aliphatic rings. The van der Waals surface area contributed by atoms with Crippen molar-refractivity contribution >= 4 is 16.0 Å². The highest BCUT2D eigenvalue weighted by molar-refractivity contribution is 7.89. The van der Waals surface area contributed by atoms with Gasteiger partial charge >= 0.3 is 5.97 Å². The summed E-state index contributed by atoms with van der Waals surface area (Å²) in [6.07, 6.45) is 2.03. The summed E-state index contributed by atoms with van der Waals surface area (Å²) in [6, 6.07) is 0.